The molecular formula is C19H24Cl2N4O3. The standard InChI is InChI=1S/C19H24Cl2N4O3/c1-4-5-9-24-16(22)15(17(26)23-19(24)28)25(10-11(2)3)18(27)12-7-6-8-13(20)14(12)21/h6-8,11H,4-5,9-10,22H2,1-3H3,(H,23,26,28). The molecule has 9 heteroatoms. The Morgan fingerprint density at radius 1 is 1.29 bits per heavy atom. The first-order chi connectivity index (χ1) is 13.2. The number of nitrogens with zero attached hydrogens (tertiary/aromatic N) is 2. The molecule has 0 saturated carbocycles. The molecule has 0 fully saturated rings. The average Bonchev–Trinajstić information content (AvgIpc) is 2.62. The molecule has 2 aromatic rings. The van der Waals surface area contributed by atoms with E-state index >= 15 is 0 Å². The number of nitrogens with one attached hydrogen (secondary N) is 1. The molecule has 7 nitrogen and oxygen atoms in total. The second-order valence-corrected chi connectivity index (χ2v) is 7.69. The van der Waals surface area contributed by atoms with Crippen LogP contribution in [0.5, 0.6) is 0 Å². The lowest BCUT2D eigenvalue weighted by atomic mass is 10.1. The zero-order valence-corrected chi connectivity index (χ0v) is 17.6. The van der Waals surface area contributed by atoms with Crippen LogP contribution in [0.1, 0.15) is 44.0 Å². The van der Waals surface area contributed by atoms with Gasteiger partial charge in [-0.05, 0) is 24.5 Å². The fraction of sp³-hybridized carbons (Fsp3) is 0.421. The van der Waals surface area contributed by atoms with Crippen molar-refractivity contribution in [1.29, 1.82) is 0 Å². The molecule has 0 unspecified atom stereocenters. The first-order valence-corrected chi connectivity index (χ1v) is 9.83. The molecule has 3 N–H and O–H groups in total. The highest BCUT2D eigenvalue weighted by Crippen LogP contribution is 2.29. The van der Waals surface area contributed by atoms with Crippen LogP contribution in [0.3, 0.4) is 0 Å². The van der Waals surface area contributed by atoms with Gasteiger partial charge in [-0.2, -0.15) is 0 Å². The topological polar surface area (TPSA) is 101 Å². The van der Waals surface area contributed by atoms with Crippen molar-refractivity contribution in [1.82, 2.24) is 9.55 Å². The zero-order chi connectivity index (χ0) is 21.0. The Kier molecular flexibility index (Phi) is 7.32. The number of rotatable bonds is 7. The molecule has 0 radical (unpaired) electrons. The highest BCUT2D eigenvalue weighted by molar-refractivity contribution is 6.44. The summed E-state index contributed by atoms with van der Waals surface area (Å²) in [4.78, 5) is 41.6. The van der Waals surface area contributed by atoms with Gasteiger partial charge >= 0.3 is 5.69 Å². The van der Waals surface area contributed by atoms with E-state index in [0.717, 1.165) is 6.42 Å². The number of H-pyrrole nitrogens is 1. The van der Waals surface area contributed by atoms with E-state index in [9.17, 15) is 14.4 Å². The number of unbranched alkanes of at least 4 members (excludes halogenated alkanes) is 1. The summed E-state index contributed by atoms with van der Waals surface area (Å²) in [5, 5.41) is 0.323. The van der Waals surface area contributed by atoms with Crippen molar-refractivity contribution in [2.24, 2.45) is 5.92 Å². The van der Waals surface area contributed by atoms with E-state index in [4.69, 9.17) is 28.9 Å². The number of halogens is 2. The van der Waals surface area contributed by atoms with Crippen LogP contribution in [-0.2, 0) is 6.54 Å². The minimum Gasteiger partial charge on any atom is -0.383 e. The van der Waals surface area contributed by atoms with Crippen molar-refractivity contribution in [3.63, 3.8) is 0 Å². The average molecular weight is 427 g/mol. The summed E-state index contributed by atoms with van der Waals surface area (Å²) < 4.78 is 1.28. The number of benzene rings is 1. The molecule has 0 aliphatic carbocycles. The van der Waals surface area contributed by atoms with Crippen molar-refractivity contribution >= 4 is 40.6 Å². The van der Waals surface area contributed by atoms with Gasteiger partial charge in [0, 0.05) is 13.1 Å². The normalized spacial score (nSPS) is 11.1. The predicted octanol–water partition coefficient (Wildman–Crippen LogP) is 3.53. The second kappa shape index (κ2) is 9.30. The van der Waals surface area contributed by atoms with Crippen molar-refractivity contribution in [3.05, 3.63) is 54.6 Å². The van der Waals surface area contributed by atoms with Crippen LogP contribution in [0, 0.1) is 5.92 Å². The Morgan fingerprint density at radius 2 is 1.96 bits per heavy atom. The van der Waals surface area contributed by atoms with Gasteiger partial charge < -0.3 is 10.6 Å². The van der Waals surface area contributed by atoms with Crippen molar-refractivity contribution in [2.75, 3.05) is 17.2 Å². The number of hydrogen-bond acceptors (Lipinski definition) is 4. The number of nitrogens with two attached hydrogens (primary N) is 1. The van der Waals surface area contributed by atoms with Crippen LogP contribution in [0.25, 0.3) is 0 Å². The van der Waals surface area contributed by atoms with Gasteiger partial charge in [0.25, 0.3) is 11.5 Å². The van der Waals surface area contributed by atoms with Gasteiger partial charge in [0.15, 0.2) is 5.69 Å². The highest BCUT2D eigenvalue weighted by Gasteiger charge is 2.27. The first-order valence-electron chi connectivity index (χ1n) is 9.07. The van der Waals surface area contributed by atoms with Crippen LogP contribution in [0.15, 0.2) is 27.8 Å². The lowest BCUT2D eigenvalue weighted by Gasteiger charge is -2.26. The number of carbonyl (C=O) groups is 1. The third-order valence-corrected chi connectivity index (χ3v) is 5.01. The smallest absolute Gasteiger partial charge is 0.330 e. The summed E-state index contributed by atoms with van der Waals surface area (Å²) in [6.07, 6.45) is 1.54. The molecule has 1 aromatic carbocycles. The number of amides is 1. The summed E-state index contributed by atoms with van der Waals surface area (Å²) in [6.45, 7) is 6.33. The molecule has 1 amide bonds. The molecule has 1 aromatic heterocycles. The number of aromatic amines is 1. The summed E-state index contributed by atoms with van der Waals surface area (Å²) in [5.41, 5.74) is 4.94. The van der Waals surface area contributed by atoms with Gasteiger partial charge in [0.1, 0.15) is 5.82 Å². The summed E-state index contributed by atoms with van der Waals surface area (Å²) >= 11 is 12.2. The van der Waals surface area contributed by atoms with Gasteiger partial charge in [-0.1, -0.05) is 56.5 Å². The number of aromatic nitrogens is 2. The highest BCUT2D eigenvalue weighted by atomic mass is 35.5. The van der Waals surface area contributed by atoms with Crippen molar-refractivity contribution < 1.29 is 4.79 Å². The van der Waals surface area contributed by atoms with E-state index in [0.29, 0.717) is 13.0 Å². The molecule has 0 atom stereocenters. The largest absolute Gasteiger partial charge is 0.383 e. The maximum atomic E-state index is 13.3. The molecule has 0 bridgehead atoms. The third kappa shape index (κ3) is 4.59. The van der Waals surface area contributed by atoms with Gasteiger partial charge in [-0.15, -0.1) is 0 Å². The van der Waals surface area contributed by atoms with Gasteiger partial charge in [-0.25, -0.2) is 4.79 Å². The molecule has 152 valence electrons. The van der Waals surface area contributed by atoms with Gasteiger partial charge in [-0.3, -0.25) is 19.1 Å². The van der Waals surface area contributed by atoms with Gasteiger partial charge in [0.05, 0.1) is 15.6 Å². The van der Waals surface area contributed by atoms with E-state index in [1.54, 1.807) is 12.1 Å². The minimum atomic E-state index is -0.720. The predicted molar refractivity (Wildman–Crippen MR) is 114 cm³/mol. The van der Waals surface area contributed by atoms with Gasteiger partial charge in [0.2, 0.25) is 0 Å². The number of carbonyl (C=O) groups excluding carboxylic acids is 1. The van der Waals surface area contributed by atoms with Crippen LogP contribution >= 0.6 is 23.2 Å². The van der Waals surface area contributed by atoms with Crippen molar-refractivity contribution in [3.8, 4) is 0 Å². The van der Waals surface area contributed by atoms with E-state index in [1.165, 1.54) is 15.5 Å². The molecule has 0 saturated heterocycles. The maximum Gasteiger partial charge on any atom is 0.330 e. The number of nitrogen functional groups attached to an aromatic ring is 1. The van der Waals surface area contributed by atoms with E-state index in [2.05, 4.69) is 4.98 Å². The minimum absolute atomic E-state index is 0.0247. The number of hydrogen-bond donors (Lipinski definition) is 2. The summed E-state index contributed by atoms with van der Waals surface area (Å²) in [7, 11) is 0. The Labute approximate surface area is 173 Å². The summed E-state index contributed by atoms with van der Waals surface area (Å²) in [5.74, 6) is -0.537. The zero-order valence-electron chi connectivity index (χ0n) is 16.1. The molecule has 0 aliphatic heterocycles. The first kappa shape index (κ1) is 22.0. The Morgan fingerprint density at radius 3 is 2.57 bits per heavy atom. The molecule has 0 aliphatic rings. The second-order valence-electron chi connectivity index (χ2n) is 6.91. The fourth-order valence-corrected chi connectivity index (χ4v) is 3.21. The lowest BCUT2D eigenvalue weighted by Crippen LogP contribution is -2.42. The lowest BCUT2D eigenvalue weighted by molar-refractivity contribution is 0.0983. The Balaban J connectivity index is 2.66. The molecule has 28 heavy (non-hydrogen) atoms. The van der Waals surface area contributed by atoms with Crippen LogP contribution in [0.2, 0.25) is 10.0 Å². The molecule has 2 rings (SSSR count). The van der Waals surface area contributed by atoms with E-state index < -0.39 is 17.2 Å². The quantitative estimate of drug-likeness (QED) is 0.706. The third-order valence-electron chi connectivity index (χ3n) is 4.19. The Hall–Kier alpha value is -2.25. The van der Waals surface area contributed by atoms with E-state index in [-0.39, 0.29) is 39.6 Å². The fourth-order valence-electron chi connectivity index (χ4n) is 2.83. The van der Waals surface area contributed by atoms with Crippen LogP contribution in [-0.4, -0.2) is 22.0 Å². The Bertz CT molecular complexity index is 982. The van der Waals surface area contributed by atoms with Crippen LogP contribution < -0.4 is 21.9 Å². The number of anilines is 2. The van der Waals surface area contributed by atoms with Crippen LogP contribution in [0.4, 0.5) is 11.5 Å². The molecule has 0 spiro atoms. The summed E-state index contributed by atoms with van der Waals surface area (Å²) in [6, 6.07) is 4.70. The van der Waals surface area contributed by atoms with Crippen molar-refractivity contribution in [2.45, 2.75) is 40.2 Å². The SMILES string of the molecule is CCCCn1c(N)c(N(CC(C)C)C(=O)c2cccc(Cl)c2Cl)c(=O)[nH]c1=O. The molecular weight excluding hydrogens is 403 g/mol. The maximum absolute atomic E-state index is 13.3. The monoisotopic (exact) mass is 426 g/mol. The van der Waals surface area contributed by atoms with E-state index in [1.807, 2.05) is 20.8 Å². The molecule has 1 heterocycles.